The van der Waals surface area contributed by atoms with Crippen molar-refractivity contribution in [1.82, 2.24) is 0 Å². The predicted octanol–water partition coefficient (Wildman–Crippen LogP) is 2.35. The van der Waals surface area contributed by atoms with Crippen LogP contribution in [-0.4, -0.2) is 11.9 Å². The summed E-state index contributed by atoms with van der Waals surface area (Å²) in [6, 6.07) is 5.73. The Kier molecular flexibility index (Phi) is 1.83. The first-order chi connectivity index (χ1) is 6.16. The second-order valence-electron chi connectivity index (χ2n) is 3.56. The van der Waals surface area contributed by atoms with Crippen molar-refractivity contribution in [3.63, 3.8) is 0 Å². The van der Waals surface area contributed by atoms with E-state index in [1.54, 1.807) is 0 Å². The Morgan fingerprint density at radius 1 is 1.46 bits per heavy atom. The molecular formula is C11H12O2. The molecule has 0 aromatic heterocycles. The van der Waals surface area contributed by atoms with Gasteiger partial charge in [0.2, 0.25) is 0 Å². The Morgan fingerprint density at radius 2 is 2.23 bits per heavy atom. The van der Waals surface area contributed by atoms with Crippen LogP contribution in [0.1, 0.15) is 29.3 Å². The molecule has 2 nitrogen and oxygen atoms in total. The summed E-state index contributed by atoms with van der Waals surface area (Å²) in [5.74, 6) is 0.923. The van der Waals surface area contributed by atoms with E-state index >= 15 is 0 Å². The standard InChI is InChI=1S/C11H12O2/c1-7-3-4-11-9(5-7)10(12)6-8(2)13-11/h3-5,8H,6H2,1-2H3/t8-/m1/s1. The van der Waals surface area contributed by atoms with Gasteiger partial charge in [-0.25, -0.2) is 0 Å². The molecule has 1 aliphatic heterocycles. The number of Topliss-reactive ketones (excluding diaryl/α,β-unsaturated/α-hetero) is 1. The van der Waals surface area contributed by atoms with Gasteiger partial charge in [-0.3, -0.25) is 4.79 Å². The third-order valence-electron chi connectivity index (χ3n) is 2.24. The Labute approximate surface area is 77.5 Å². The third kappa shape index (κ3) is 1.44. The average molecular weight is 176 g/mol. The minimum absolute atomic E-state index is 0.0164. The molecule has 1 aliphatic rings. The van der Waals surface area contributed by atoms with Crippen LogP contribution in [0.15, 0.2) is 18.2 Å². The monoisotopic (exact) mass is 176 g/mol. The van der Waals surface area contributed by atoms with Crippen molar-refractivity contribution in [2.24, 2.45) is 0 Å². The number of ether oxygens (including phenoxy) is 1. The van der Waals surface area contributed by atoms with E-state index in [-0.39, 0.29) is 11.9 Å². The Morgan fingerprint density at radius 3 is 3.00 bits per heavy atom. The summed E-state index contributed by atoms with van der Waals surface area (Å²) in [7, 11) is 0. The maximum Gasteiger partial charge on any atom is 0.170 e. The van der Waals surface area contributed by atoms with E-state index in [0.29, 0.717) is 6.42 Å². The number of carbonyl (C=O) groups excluding carboxylic acids is 1. The molecule has 0 spiro atoms. The lowest BCUT2D eigenvalue weighted by molar-refractivity contribution is 0.0871. The number of ketones is 1. The minimum atomic E-state index is 0.0164. The number of hydrogen-bond acceptors (Lipinski definition) is 2. The SMILES string of the molecule is Cc1ccc2c(c1)C(=O)C[C@@H](C)O2. The van der Waals surface area contributed by atoms with Crippen LogP contribution in [0.2, 0.25) is 0 Å². The number of fused-ring (bicyclic) bond motifs is 1. The summed E-state index contributed by atoms with van der Waals surface area (Å²) < 4.78 is 5.54. The summed E-state index contributed by atoms with van der Waals surface area (Å²) in [6.45, 7) is 3.90. The van der Waals surface area contributed by atoms with Gasteiger partial charge in [0, 0.05) is 6.42 Å². The van der Waals surface area contributed by atoms with E-state index in [4.69, 9.17) is 4.74 Å². The first kappa shape index (κ1) is 8.30. The average Bonchev–Trinajstić information content (AvgIpc) is 2.06. The van der Waals surface area contributed by atoms with Crippen LogP contribution in [-0.2, 0) is 0 Å². The van der Waals surface area contributed by atoms with E-state index in [1.807, 2.05) is 32.0 Å². The van der Waals surface area contributed by atoms with Crippen molar-refractivity contribution in [3.8, 4) is 5.75 Å². The third-order valence-corrected chi connectivity index (χ3v) is 2.24. The molecule has 1 aromatic carbocycles. The molecule has 0 fully saturated rings. The topological polar surface area (TPSA) is 26.3 Å². The summed E-state index contributed by atoms with van der Waals surface area (Å²) in [4.78, 5) is 11.6. The van der Waals surface area contributed by atoms with Crippen LogP contribution in [0.25, 0.3) is 0 Å². The molecule has 0 bridgehead atoms. The molecule has 0 aliphatic carbocycles. The van der Waals surface area contributed by atoms with E-state index in [1.165, 1.54) is 0 Å². The molecule has 2 heteroatoms. The highest BCUT2D eigenvalue weighted by atomic mass is 16.5. The van der Waals surface area contributed by atoms with E-state index < -0.39 is 0 Å². The van der Waals surface area contributed by atoms with Crippen molar-refractivity contribution in [1.29, 1.82) is 0 Å². The molecular weight excluding hydrogens is 164 g/mol. The Bertz CT molecular complexity index is 355. The largest absolute Gasteiger partial charge is 0.489 e. The lowest BCUT2D eigenvalue weighted by Crippen LogP contribution is -2.23. The van der Waals surface area contributed by atoms with E-state index in [2.05, 4.69) is 0 Å². The zero-order valence-corrected chi connectivity index (χ0v) is 7.83. The summed E-state index contributed by atoms with van der Waals surface area (Å²) in [6.07, 6.45) is 0.513. The highest BCUT2D eigenvalue weighted by molar-refractivity contribution is 6.00. The highest BCUT2D eigenvalue weighted by Gasteiger charge is 2.22. The van der Waals surface area contributed by atoms with Crippen LogP contribution < -0.4 is 4.74 Å². The summed E-state index contributed by atoms with van der Waals surface area (Å²) in [5, 5.41) is 0. The molecule has 0 N–H and O–H groups in total. The van der Waals surface area contributed by atoms with Gasteiger partial charge < -0.3 is 4.74 Å². The molecule has 1 aromatic rings. The predicted molar refractivity (Wildman–Crippen MR) is 50.2 cm³/mol. The van der Waals surface area contributed by atoms with Crippen LogP contribution in [0.5, 0.6) is 5.75 Å². The maximum atomic E-state index is 11.6. The smallest absolute Gasteiger partial charge is 0.170 e. The van der Waals surface area contributed by atoms with Crippen LogP contribution >= 0.6 is 0 Å². The van der Waals surface area contributed by atoms with Gasteiger partial charge in [0.25, 0.3) is 0 Å². The first-order valence-corrected chi connectivity index (χ1v) is 4.47. The van der Waals surface area contributed by atoms with Gasteiger partial charge in [0.05, 0.1) is 5.56 Å². The van der Waals surface area contributed by atoms with Gasteiger partial charge in [-0.2, -0.15) is 0 Å². The lowest BCUT2D eigenvalue weighted by atomic mass is 10.00. The van der Waals surface area contributed by atoms with Crippen molar-refractivity contribution in [3.05, 3.63) is 29.3 Å². The van der Waals surface area contributed by atoms with Gasteiger partial charge in [0.15, 0.2) is 5.78 Å². The summed E-state index contributed by atoms with van der Waals surface area (Å²) >= 11 is 0. The normalized spacial score (nSPS) is 20.8. The number of hydrogen-bond donors (Lipinski definition) is 0. The fourth-order valence-electron chi connectivity index (χ4n) is 1.59. The van der Waals surface area contributed by atoms with Gasteiger partial charge >= 0.3 is 0 Å². The quantitative estimate of drug-likeness (QED) is 0.606. The fraction of sp³-hybridized carbons (Fsp3) is 0.364. The van der Waals surface area contributed by atoms with E-state index in [0.717, 1.165) is 16.9 Å². The number of rotatable bonds is 0. The van der Waals surface area contributed by atoms with Gasteiger partial charge in [-0.1, -0.05) is 11.6 Å². The molecule has 0 saturated heterocycles. The minimum Gasteiger partial charge on any atom is -0.489 e. The fourth-order valence-corrected chi connectivity index (χ4v) is 1.59. The second-order valence-corrected chi connectivity index (χ2v) is 3.56. The van der Waals surface area contributed by atoms with E-state index in [9.17, 15) is 4.79 Å². The number of benzene rings is 1. The number of carbonyl (C=O) groups is 1. The van der Waals surface area contributed by atoms with Crippen molar-refractivity contribution in [2.45, 2.75) is 26.4 Å². The van der Waals surface area contributed by atoms with Crippen LogP contribution in [0, 0.1) is 6.92 Å². The molecule has 0 amide bonds. The molecule has 1 heterocycles. The molecule has 68 valence electrons. The maximum absolute atomic E-state index is 11.6. The Hall–Kier alpha value is -1.31. The number of aryl methyl sites for hydroxylation is 1. The molecule has 1 atom stereocenters. The van der Waals surface area contributed by atoms with Gasteiger partial charge in [0.1, 0.15) is 11.9 Å². The zero-order valence-electron chi connectivity index (χ0n) is 7.83. The molecule has 0 radical (unpaired) electrons. The molecule has 2 rings (SSSR count). The Balaban J connectivity index is 2.49. The molecule has 13 heavy (non-hydrogen) atoms. The first-order valence-electron chi connectivity index (χ1n) is 4.47. The van der Waals surface area contributed by atoms with Crippen molar-refractivity contribution in [2.75, 3.05) is 0 Å². The van der Waals surface area contributed by atoms with Gasteiger partial charge in [-0.15, -0.1) is 0 Å². The van der Waals surface area contributed by atoms with Crippen LogP contribution in [0.4, 0.5) is 0 Å². The lowest BCUT2D eigenvalue weighted by Gasteiger charge is -2.22. The highest BCUT2D eigenvalue weighted by Crippen LogP contribution is 2.27. The second kappa shape index (κ2) is 2.87. The van der Waals surface area contributed by atoms with Crippen LogP contribution in [0.3, 0.4) is 0 Å². The van der Waals surface area contributed by atoms with Gasteiger partial charge in [-0.05, 0) is 26.0 Å². The zero-order chi connectivity index (χ0) is 9.42. The summed E-state index contributed by atoms with van der Waals surface area (Å²) in [5.41, 5.74) is 1.84. The van der Waals surface area contributed by atoms with Crippen molar-refractivity contribution < 1.29 is 9.53 Å². The molecule has 0 saturated carbocycles. The molecule has 0 unspecified atom stereocenters. The van der Waals surface area contributed by atoms with Crippen molar-refractivity contribution >= 4 is 5.78 Å².